The third-order valence-corrected chi connectivity index (χ3v) is 6.03. The van der Waals surface area contributed by atoms with E-state index in [0.29, 0.717) is 24.5 Å². The molecule has 3 heteroatoms. The van der Waals surface area contributed by atoms with Gasteiger partial charge in [0.15, 0.2) is 0 Å². The van der Waals surface area contributed by atoms with Crippen molar-refractivity contribution in [2.75, 3.05) is 18.0 Å². The molecule has 2 aromatic rings. The summed E-state index contributed by atoms with van der Waals surface area (Å²) in [5.74, 6) is 0.653. The van der Waals surface area contributed by atoms with Gasteiger partial charge in [-0.25, -0.2) is 0 Å². The lowest BCUT2D eigenvalue weighted by molar-refractivity contribution is -0.118. The Bertz CT molecular complexity index is 734. The fourth-order valence-electron chi connectivity index (χ4n) is 4.15. The molecule has 3 rings (SSSR count). The molecule has 27 heavy (non-hydrogen) atoms. The van der Waals surface area contributed by atoms with Crippen molar-refractivity contribution in [1.82, 2.24) is 0 Å². The van der Waals surface area contributed by atoms with Crippen molar-refractivity contribution in [3.63, 3.8) is 0 Å². The van der Waals surface area contributed by atoms with Gasteiger partial charge >= 0.3 is 0 Å². The molecule has 2 nitrogen and oxygen atoms in total. The van der Waals surface area contributed by atoms with Gasteiger partial charge in [0.1, 0.15) is 5.78 Å². The predicted molar refractivity (Wildman–Crippen MR) is 118 cm³/mol. The zero-order valence-corrected chi connectivity index (χ0v) is 17.9. The lowest BCUT2D eigenvalue weighted by atomic mass is 9.86. The Morgan fingerprint density at radius 1 is 1.04 bits per heavy atom. The van der Waals surface area contributed by atoms with E-state index in [0.717, 1.165) is 36.0 Å². The van der Waals surface area contributed by atoms with Gasteiger partial charge in [-0.3, -0.25) is 4.79 Å². The first-order valence-electron chi connectivity index (χ1n) is 10.3. The normalized spacial score (nSPS) is 15.6. The van der Waals surface area contributed by atoms with Gasteiger partial charge in [0.05, 0.1) is 0 Å². The van der Waals surface area contributed by atoms with Crippen molar-refractivity contribution < 1.29 is 4.79 Å². The van der Waals surface area contributed by atoms with Crippen molar-refractivity contribution in [1.29, 1.82) is 0 Å². The van der Waals surface area contributed by atoms with Gasteiger partial charge < -0.3 is 4.90 Å². The molecule has 1 fully saturated rings. The van der Waals surface area contributed by atoms with E-state index in [-0.39, 0.29) is 0 Å². The highest BCUT2D eigenvalue weighted by Gasteiger charge is 2.22. The number of anilines is 1. The molecule has 1 saturated heterocycles. The van der Waals surface area contributed by atoms with Gasteiger partial charge in [0.25, 0.3) is 0 Å². The monoisotopic (exact) mass is 427 g/mol. The van der Waals surface area contributed by atoms with Crippen LogP contribution in [0.2, 0.25) is 0 Å². The van der Waals surface area contributed by atoms with E-state index in [1.807, 2.05) is 24.3 Å². The molecular formula is C24H30BrNO. The number of carbonyl (C=O) groups excluding carboxylic acids is 1. The number of piperidine rings is 1. The molecule has 1 unspecified atom stereocenters. The summed E-state index contributed by atoms with van der Waals surface area (Å²) in [6.07, 6.45) is 7.21. The third-order valence-electron chi connectivity index (χ3n) is 5.50. The first-order chi connectivity index (χ1) is 13.2. The van der Waals surface area contributed by atoms with E-state index < -0.39 is 0 Å². The molecule has 2 aromatic carbocycles. The Morgan fingerprint density at radius 2 is 1.74 bits per heavy atom. The number of nitrogens with zero attached hydrogens (tertiary/aromatic N) is 1. The fourth-order valence-corrected chi connectivity index (χ4v) is 4.41. The highest BCUT2D eigenvalue weighted by molar-refractivity contribution is 9.10. The molecule has 0 bridgehead atoms. The molecular weight excluding hydrogens is 398 g/mol. The van der Waals surface area contributed by atoms with Crippen LogP contribution in [0.3, 0.4) is 0 Å². The van der Waals surface area contributed by atoms with E-state index in [1.54, 1.807) is 0 Å². The van der Waals surface area contributed by atoms with Gasteiger partial charge in [0.2, 0.25) is 0 Å². The van der Waals surface area contributed by atoms with Crippen LogP contribution in [0, 0.1) is 0 Å². The average molecular weight is 428 g/mol. The third kappa shape index (κ3) is 5.68. The van der Waals surface area contributed by atoms with Crippen molar-refractivity contribution in [3.8, 4) is 0 Å². The Labute approximate surface area is 172 Å². The van der Waals surface area contributed by atoms with E-state index in [2.05, 4.69) is 52.0 Å². The molecule has 0 aromatic heterocycles. The number of Topliss-reactive ketones (excluding diaryl/α,β-unsaturated/α-hetero) is 1. The smallest absolute Gasteiger partial charge is 0.137 e. The number of ketones is 1. The van der Waals surface area contributed by atoms with Crippen LogP contribution in [0.5, 0.6) is 0 Å². The summed E-state index contributed by atoms with van der Waals surface area (Å²) >= 11 is 3.46. The quantitative estimate of drug-likeness (QED) is 0.477. The van der Waals surface area contributed by atoms with Crippen molar-refractivity contribution >= 4 is 27.4 Å². The maximum atomic E-state index is 12.8. The zero-order chi connectivity index (χ0) is 19.1. The Balaban J connectivity index is 1.75. The van der Waals surface area contributed by atoms with E-state index in [1.165, 1.54) is 30.5 Å². The summed E-state index contributed by atoms with van der Waals surface area (Å²) in [5, 5.41) is 0. The minimum Gasteiger partial charge on any atom is -0.371 e. The van der Waals surface area contributed by atoms with E-state index >= 15 is 0 Å². The second-order valence-corrected chi connectivity index (χ2v) is 8.55. The van der Waals surface area contributed by atoms with Gasteiger partial charge in [-0.1, -0.05) is 59.6 Å². The van der Waals surface area contributed by atoms with Gasteiger partial charge in [0, 0.05) is 36.1 Å². The van der Waals surface area contributed by atoms with Crippen molar-refractivity contribution in [2.24, 2.45) is 0 Å². The first-order valence-corrected chi connectivity index (χ1v) is 11.1. The summed E-state index contributed by atoms with van der Waals surface area (Å²) in [6.45, 7) is 4.50. The number of para-hydroxylation sites is 1. The molecule has 0 saturated carbocycles. The van der Waals surface area contributed by atoms with Crippen LogP contribution in [-0.2, 0) is 11.2 Å². The number of hydrogen-bond acceptors (Lipinski definition) is 2. The van der Waals surface area contributed by atoms with Crippen molar-refractivity contribution in [2.45, 2.75) is 57.8 Å². The van der Waals surface area contributed by atoms with Gasteiger partial charge in [-0.2, -0.15) is 0 Å². The van der Waals surface area contributed by atoms with Crippen LogP contribution in [0.15, 0.2) is 53.0 Å². The van der Waals surface area contributed by atoms with Gasteiger partial charge in [-0.15, -0.1) is 0 Å². The van der Waals surface area contributed by atoms with Gasteiger partial charge in [-0.05, 0) is 60.9 Å². The molecule has 0 radical (unpaired) electrons. The van der Waals surface area contributed by atoms with Crippen LogP contribution in [0.25, 0.3) is 0 Å². The van der Waals surface area contributed by atoms with E-state index in [4.69, 9.17) is 0 Å². The number of hydrogen-bond donors (Lipinski definition) is 0. The SMILES string of the molecule is CCCC(CC(=O)Cc1ccc(Br)cc1)c1ccccc1N1CCCCC1. The standard InChI is InChI=1S/C24H30BrNO/c1-2-8-20(18-22(27)17-19-11-13-21(25)14-12-19)23-9-4-5-10-24(23)26-15-6-3-7-16-26/h4-5,9-14,20H,2-3,6-8,15-18H2,1H3. The van der Waals surface area contributed by atoms with Crippen molar-refractivity contribution in [3.05, 3.63) is 64.1 Å². The summed E-state index contributed by atoms with van der Waals surface area (Å²) in [5.41, 5.74) is 3.82. The molecule has 144 valence electrons. The van der Waals surface area contributed by atoms with Crippen LogP contribution in [0.1, 0.15) is 62.5 Å². The lowest BCUT2D eigenvalue weighted by Crippen LogP contribution is -2.30. The second kappa shape index (κ2) is 10.1. The summed E-state index contributed by atoms with van der Waals surface area (Å²) < 4.78 is 1.05. The summed E-state index contributed by atoms with van der Waals surface area (Å²) in [4.78, 5) is 15.3. The highest BCUT2D eigenvalue weighted by atomic mass is 79.9. The molecule has 0 aliphatic carbocycles. The number of carbonyl (C=O) groups is 1. The molecule has 1 atom stereocenters. The van der Waals surface area contributed by atoms with Crippen LogP contribution < -0.4 is 4.90 Å². The largest absolute Gasteiger partial charge is 0.371 e. The molecule has 0 N–H and O–H groups in total. The summed E-state index contributed by atoms with van der Waals surface area (Å²) in [6, 6.07) is 16.9. The Morgan fingerprint density at radius 3 is 2.44 bits per heavy atom. The average Bonchev–Trinajstić information content (AvgIpc) is 2.70. The number of halogens is 1. The maximum Gasteiger partial charge on any atom is 0.137 e. The second-order valence-electron chi connectivity index (χ2n) is 7.64. The predicted octanol–water partition coefficient (Wildman–Crippen LogP) is 6.53. The van der Waals surface area contributed by atoms with Crippen LogP contribution >= 0.6 is 15.9 Å². The fraction of sp³-hybridized carbons (Fsp3) is 0.458. The lowest BCUT2D eigenvalue weighted by Gasteiger charge is -2.32. The minimum absolute atomic E-state index is 0.316. The first kappa shape index (κ1) is 20.1. The van der Waals surface area contributed by atoms with E-state index in [9.17, 15) is 4.79 Å². The Kier molecular flexibility index (Phi) is 7.51. The summed E-state index contributed by atoms with van der Waals surface area (Å²) in [7, 11) is 0. The number of benzene rings is 2. The molecule has 1 aliphatic heterocycles. The molecule has 0 spiro atoms. The highest BCUT2D eigenvalue weighted by Crippen LogP contribution is 2.34. The van der Waals surface area contributed by atoms with Crippen LogP contribution in [-0.4, -0.2) is 18.9 Å². The maximum absolute atomic E-state index is 12.8. The van der Waals surface area contributed by atoms with Crippen LogP contribution in [0.4, 0.5) is 5.69 Å². The minimum atomic E-state index is 0.316. The number of rotatable bonds is 8. The molecule has 1 heterocycles. The Hall–Kier alpha value is -1.61. The zero-order valence-electron chi connectivity index (χ0n) is 16.3. The molecule has 1 aliphatic rings. The topological polar surface area (TPSA) is 20.3 Å². The molecule has 0 amide bonds.